The van der Waals surface area contributed by atoms with Crippen molar-refractivity contribution in [2.45, 2.75) is 32.8 Å². The van der Waals surface area contributed by atoms with E-state index < -0.39 is 17.5 Å². The molecule has 4 heteroatoms. The first-order valence-electron chi connectivity index (χ1n) is 4.92. The SMILES string of the molecule is C/C=C1\C[C@@H](C)[C@](C)(C(=O)OC)OC1=O. The lowest BCUT2D eigenvalue weighted by Gasteiger charge is -2.36. The molecule has 84 valence electrons. The fraction of sp³-hybridized carbons (Fsp3) is 0.636. The van der Waals surface area contributed by atoms with Crippen molar-refractivity contribution in [1.29, 1.82) is 0 Å². The van der Waals surface area contributed by atoms with Crippen LogP contribution in [0.3, 0.4) is 0 Å². The summed E-state index contributed by atoms with van der Waals surface area (Å²) in [7, 11) is 1.29. The number of cyclic esters (lactones) is 1. The van der Waals surface area contributed by atoms with Crippen LogP contribution in [-0.4, -0.2) is 24.6 Å². The van der Waals surface area contributed by atoms with Crippen LogP contribution in [0.2, 0.25) is 0 Å². The summed E-state index contributed by atoms with van der Waals surface area (Å²) in [4.78, 5) is 23.0. The van der Waals surface area contributed by atoms with Crippen LogP contribution in [0, 0.1) is 5.92 Å². The molecule has 0 aromatic rings. The minimum Gasteiger partial charge on any atom is -0.466 e. The van der Waals surface area contributed by atoms with Gasteiger partial charge >= 0.3 is 11.9 Å². The zero-order valence-corrected chi connectivity index (χ0v) is 9.49. The third-order valence-electron chi connectivity index (χ3n) is 2.97. The van der Waals surface area contributed by atoms with Crippen molar-refractivity contribution in [3.05, 3.63) is 11.6 Å². The molecule has 0 saturated carbocycles. The van der Waals surface area contributed by atoms with E-state index in [2.05, 4.69) is 4.74 Å². The van der Waals surface area contributed by atoms with Crippen molar-refractivity contribution < 1.29 is 19.1 Å². The van der Waals surface area contributed by atoms with Crippen LogP contribution in [0.5, 0.6) is 0 Å². The highest BCUT2D eigenvalue weighted by atomic mass is 16.6. The van der Waals surface area contributed by atoms with Gasteiger partial charge < -0.3 is 9.47 Å². The Morgan fingerprint density at radius 1 is 1.67 bits per heavy atom. The Hall–Kier alpha value is -1.32. The first-order valence-corrected chi connectivity index (χ1v) is 4.92. The monoisotopic (exact) mass is 212 g/mol. The molecule has 0 N–H and O–H groups in total. The minimum atomic E-state index is -1.15. The number of hydrogen-bond acceptors (Lipinski definition) is 4. The van der Waals surface area contributed by atoms with Gasteiger partial charge in [0.05, 0.1) is 7.11 Å². The molecule has 0 aliphatic carbocycles. The Morgan fingerprint density at radius 3 is 2.73 bits per heavy atom. The summed E-state index contributed by atoms with van der Waals surface area (Å²) in [6, 6.07) is 0. The molecule has 0 spiro atoms. The van der Waals surface area contributed by atoms with Crippen LogP contribution in [-0.2, 0) is 19.1 Å². The van der Waals surface area contributed by atoms with E-state index in [9.17, 15) is 9.59 Å². The van der Waals surface area contributed by atoms with Gasteiger partial charge in [-0.3, -0.25) is 0 Å². The largest absolute Gasteiger partial charge is 0.466 e. The zero-order valence-electron chi connectivity index (χ0n) is 9.49. The van der Waals surface area contributed by atoms with E-state index in [4.69, 9.17) is 4.74 Å². The lowest BCUT2D eigenvalue weighted by Crippen LogP contribution is -2.50. The first-order chi connectivity index (χ1) is 6.95. The van der Waals surface area contributed by atoms with Crippen molar-refractivity contribution in [1.82, 2.24) is 0 Å². The molecule has 0 aromatic carbocycles. The van der Waals surface area contributed by atoms with E-state index in [1.165, 1.54) is 7.11 Å². The molecule has 15 heavy (non-hydrogen) atoms. The van der Waals surface area contributed by atoms with Crippen LogP contribution < -0.4 is 0 Å². The van der Waals surface area contributed by atoms with Gasteiger partial charge in [-0.15, -0.1) is 0 Å². The number of esters is 2. The summed E-state index contributed by atoms with van der Waals surface area (Å²) in [6.45, 7) is 5.24. The van der Waals surface area contributed by atoms with Crippen LogP contribution in [0.15, 0.2) is 11.6 Å². The Morgan fingerprint density at radius 2 is 2.27 bits per heavy atom. The molecule has 4 nitrogen and oxygen atoms in total. The molecular formula is C11H16O4. The Balaban J connectivity index is 2.96. The molecule has 0 bridgehead atoms. The third kappa shape index (κ3) is 1.89. The number of hydrogen-bond donors (Lipinski definition) is 0. The number of methoxy groups -OCH3 is 1. The van der Waals surface area contributed by atoms with Gasteiger partial charge in [-0.1, -0.05) is 13.0 Å². The molecule has 1 fully saturated rings. The summed E-state index contributed by atoms with van der Waals surface area (Å²) < 4.78 is 9.81. The second-order valence-electron chi connectivity index (χ2n) is 3.91. The quantitative estimate of drug-likeness (QED) is 0.487. The maximum atomic E-state index is 11.5. The second kappa shape index (κ2) is 4.04. The molecule has 2 atom stereocenters. The Bertz CT molecular complexity index is 319. The standard InChI is InChI=1S/C11H16O4/c1-5-8-6-7(2)11(3,10(13)14-4)15-9(8)12/h5,7H,6H2,1-4H3/b8-5+/t7-,11-/m1/s1. The van der Waals surface area contributed by atoms with Crippen LogP contribution in [0.4, 0.5) is 0 Å². The molecule has 0 amide bonds. The maximum absolute atomic E-state index is 11.5. The summed E-state index contributed by atoms with van der Waals surface area (Å²) in [6.07, 6.45) is 2.26. The summed E-state index contributed by atoms with van der Waals surface area (Å²) in [5.74, 6) is -1.00. The lowest BCUT2D eigenvalue weighted by molar-refractivity contribution is -0.186. The average molecular weight is 212 g/mol. The number of carbonyl (C=O) groups is 2. The van der Waals surface area contributed by atoms with Gasteiger partial charge in [0.25, 0.3) is 0 Å². The fourth-order valence-corrected chi connectivity index (χ4v) is 1.65. The van der Waals surface area contributed by atoms with Gasteiger partial charge in [0.15, 0.2) is 0 Å². The van der Waals surface area contributed by atoms with E-state index >= 15 is 0 Å². The van der Waals surface area contributed by atoms with Crippen molar-refractivity contribution in [2.24, 2.45) is 5.92 Å². The maximum Gasteiger partial charge on any atom is 0.350 e. The van der Waals surface area contributed by atoms with E-state index in [0.29, 0.717) is 12.0 Å². The zero-order chi connectivity index (χ0) is 11.6. The minimum absolute atomic E-state index is 0.0751. The average Bonchev–Trinajstić information content (AvgIpc) is 2.22. The van der Waals surface area contributed by atoms with Gasteiger partial charge in [0.1, 0.15) is 0 Å². The lowest BCUT2D eigenvalue weighted by atomic mass is 9.82. The van der Waals surface area contributed by atoms with Crippen LogP contribution in [0.25, 0.3) is 0 Å². The second-order valence-corrected chi connectivity index (χ2v) is 3.91. The van der Waals surface area contributed by atoms with Crippen molar-refractivity contribution in [3.8, 4) is 0 Å². The number of allylic oxidation sites excluding steroid dienone is 1. The smallest absolute Gasteiger partial charge is 0.350 e. The molecule has 1 aliphatic heterocycles. The van der Waals surface area contributed by atoms with Gasteiger partial charge in [0.2, 0.25) is 5.60 Å². The topological polar surface area (TPSA) is 52.6 Å². The summed E-state index contributed by atoms with van der Waals surface area (Å²) >= 11 is 0. The molecule has 0 unspecified atom stereocenters. The highest BCUT2D eigenvalue weighted by Gasteiger charge is 2.48. The van der Waals surface area contributed by atoms with Crippen molar-refractivity contribution in [2.75, 3.05) is 7.11 Å². The molecule has 0 radical (unpaired) electrons. The predicted molar refractivity (Wildman–Crippen MR) is 54.1 cm³/mol. The van der Waals surface area contributed by atoms with Gasteiger partial charge in [-0.05, 0) is 20.3 Å². The third-order valence-corrected chi connectivity index (χ3v) is 2.97. The highest BCUT2D eigenvalue weighted by molar-refractivity contribution is 5.93. The molecule has 1 rings (SSSR count). The first kappa shape index (κ1) is 11.8. The summed E-state index contributed by atoms with van der Waals surface area (Å²) in [5.41, 5.74) is -0.540. The number of carbonyl (C=O) groups excluding carboxylic acids is 2. The van der Waals surface area contributed by atoms with Crippen LogP contribution >= 0.6 is 0 Å². The number of ether oxygens (including phenoxy) is 2. The van der Waals surface area contributed by atoms with Gasteiger partial charge in [-0.2, -0.15) is 0 Å². The number of rotatable bonds is 1. The van der Waals surface area contributed by atoms with Crippen LogP contribution in [0.1, 0.15) is 27.2 Å². The van der Waals surface area contributed by atoms with Crippen molar-refractivity contribution >= 4 is 11.9 Å². The van der Waals surface area contributed by atoms with E-state index in [0.717, 1.165) is 0 Å². The van der Waals surface area contributed by atoms with E-state index in [1.54, 1.807) is 19.9 Å². The predicted octanol–water partition coefficient (Wildman–Crippen LogP) is 1.45. The molecule has 0 aromatic heterocycles. The highest BCUT2D eigenvalue weighted by Crippen LogP contribution is 2.34. The molecular weight excluding hydrogens is 196 g/mol. The summed E-state index contributed by atoms with van der Waals surface area (Å²) in [5, 5.41) is 0. The Labute approximate surface area is 89.2 Å². The van der Waals surface area contributed by atoms with E-state index in [1.807, 2.05) is 6.92 Å². The normalized spacial score (nSPS) is 33.7. The van der Waals surface area contributed by atoms with Gasteiger partial charge in [0, 0.05) is 11.5 Å². The molecule has 1 heterocycles. The van der Waals surface area contributed by atoms with Crippen molar-refractivity contribution in [3.63, 3.8) is 0 Å². The van der Waals surface area contributed by atoms with Gasteiger partial charge in [-0.25, -0.2) is 9.59 Å². The Kier molecular flexibility index (Phi) is 3.17. The molecule has 1 aliphatic rings. The molecule has 1 saturated heterocycles. The van der Waals surface area contributed by atoms with E-state index in [-0.39, 0.29) is 5.92 Å². The fourth-order valence-electron chi connectivity index (χ4n) is 1.65.